The van der Waals surface area contributed by atoms with Gasteiger partial charge in [-0.25, -0.2) is 4.98 Å². The Bertz CT molecular complexity index is 2470. The lowest BCUT2D eigenvalue weighted by Crippen LogP contribution is -2.53. The van der Waals surface area contributed by atoms with Crippen molar-refractivity contribution in [2.24, 2.45) is 23.7 Å². The van der Waals surface area contributed by atoms with Crippen LogP contribution in [0.25, 0.3) is 0 Å². The lowest BCUT2D eigenvalue weighted by atomic mass is 9.49. The maximum atomic E-state index is 15.5. The van der Waals surface area contributed by atoms with Crippen LogP contribution >= 0.6 is 34.8 Å². The number of aromatic hydroxyl groups is 1. The third-order valence-electron chi connectivity index (χ3n) is 11.8. The number of hydrogen-bond donors (Lipinski definition) is 2. The molecule has 1 aromatic heterocycles. The van der Waals surface area contributed by atoms with Crippen molar-refractivity contribution in [3.63, 3.8) is 0 Å². The largest absolute Gasteiger partial charge is 0.504 e. The second-order valence-electron chi connectivity index (χ2n) is 14.6. The summed E-state index contributed by atoms with van der Waals surface area (Å²) in [6.45, 7) is 0. The molecule has 4 aromatic rings. The van der Waals surface area contributed by atoms with E-state index in [1.165, 1.54) is 45.5 Å². The summed E-state index contributed by atoms with van der Waals surface area (Å²) in [5, 5.41) is 14.6. The van der Waals surface area contributed by atoms with Crippen molar-refractivity contribution in [3.05, 3.63) is 116 Å². The van der Waals surface area contributed by atoms with E-state index in [2.05, 4.69) is 10.4 Å². The standard InChI is InChI=1S/C41H33Cl3F3N5O7/c1-50(35-27(43)14-16-31(48-35)41(45,46)47)52-36(54)23-13-12-22-25(32(23)38(52)56)18-26-37(55)51(49-29-15-9-20(42)17-28(29)44)39(57)40(26,19-7-10-21(58-2)11-8-19)33(22)24-5-4-6-30(59-3)34(24)53/h4-12,14-17,23,25-26,32-33,49,53H,13,18H2,1-3H3/t23-,25+,26-,32-,33+,40+/m0/s1. The molecule has 3 fully saturated rings. The number of imide groups is 2. The number of para-hydroxylation sites is 1. The van der Waals surface area contributed by atoms with Gasteiger partial charge in [0, 0.05) is 23.6 Å². The van der Waals surface area contributed by atoms with Crippen LogP contribution in [0.15, 0.2) is 84.4 Å². The minimum absolute atomic E-state index is 0.0236. The molecule has 18 heteroatoms. The number of benzene rings is 3. The molecule has 2 saturated heterocycles. The SMILES string of the molecule is COc1ccc([C@@]23C(=O)N(Nc4ccc(Cl)cc4Cl)C(=O)[C@@H]2C[C@@H]2C(=CC[C@@H]4C(=O)N(N(C)c5nc(C(F)(F)F)ccc5Cl)C(=O)[C@@H]42)[C@@H]3c2cccc(OC)c2O)cc1. The van der Waals surface area contributed by atoms with Crippen molar-refractivity contribution in [3.8, 4) is 17.2 Å². The van der Waals surface area contributed by atoms with Crippen molar-refractivity contribution in [1.82, 2.24) is 15.0 Å². The fraction of sp³-hybridized carbons (Fsp3) is 0.293. The zero-order chi connectivity index (χ0) is 42.3. The molecule has 2 aliphatic carbocycles. The molecule has 0 unspecified atom stereocenters. The van der Waals surface area contributed by atoms with Gasteiger partial charge in [0.2, 0.25) is 0 Å². The molecule has 12 nitrogen and oxygen atoms in total. The van der Waals surface area contributed by atoms with Crippen LogP contribution in [0, 0.1) is 23.7 Å². The van der Waals surface area contributed by atoms with Crippen LogP contribution in [-0.4, -0.2) is 65.0 Å². The molecule has 2 aliphatic heterocycles. The highest BCUT2D eigenvalue weighted by molar-refractivity contribution is 6.36. The van der Waals surface area contributed by atoms with Gasteiger partial charge >= 0.3 is 6.18 Å². The molecule has 2 N–H and O–H groups in total. The van der Waals surface area contributed by atoms with Gasteiger partial charge in [-0.2, -0.15) is 23.2 Å². The Kier molecular flexibility index (Phi) is 10.00. The first-order chi connectivity index (χ1) is 28.0. The van der Waals surface area contributed by atoms with Gasteiger partial charge in [0.1, 0.15) is 11.4 Å². The smallest absolute Gasteiger partial charge is 0.433 e. The monoisotopic (exact) mass is 869 g/mol. The van der Waals surface area contributed by atoms with E-state index < -0.39 is 76.3 Å². The summed E-state index contributed by atoms with van der Waals surface area (Å²) >= 11 is 19.0. The summed E-state index contributed by atoms with van der Waals surface area (Å²) in [6, 6.07) is 17.5. The maximum absolute atomic E-state index is 15.5. The summed E-state index contributed by atoms with van der Waals surface area (Å²) in [5.41, 5.74) is 1.11. The Balaban J connectivity index is 1.31. The van der Waals surface area contributed by atoms with Crippen molar-refractivity contribution >= 4 is 69.9 Å². The van der Waals surface area contributed by atoms with Gasteiger partial charge in [-0.3, -0.25) is 29.6 Å². The highest BCUT2D eigenvalue weighted by atomic mass is 35.5. The summed E-state index contributed by atoms with van der Waals surface area (Å²) in [5.74, 6) is -8.53. The third kappa shape index (κ3) is 6.15. The van der Waals surface area contributed by atoms with Crippen molar-refractivity contribution < 1.29 is 46.9 Å². The van der Waals surface area contributed by atoms with Crippen LogP contribution in [0.4, 0.5) is 24.7 Å². The molecule has 4 aliphatic rings. The number of carbonyl (C=O) groups excluding carboxylic acids is 4. The van der Waals surface area contributed by atoms with E-state index in [4.69, 9.17) is 44.3 Å². The Labute approximate surface area is 350 Å². The number of alkyl halides is 3. The number of allylic oxidation sites excluding steroid dienone is 2. The van der Waals surface area contributed by atoms with E-state index in [0.29, 0.717) is 28.0 Å². The maximum Gasteiger partial charge on any atom is 0.433 e. The van der Waals surface area contributed by atoms with E-state index in [0.717, 1.165) is 21.1 Å². The van der Waals surface area contributed by atoms with Crippen LogP contribution in [0.3, 0.4) is 0 Å². The molecule has 0 radical (unpaired) electrons. The number of nitrogens with zero attached hydrogens (tertiary/aromatic N) is 4. The quantitative estimate of drug-likeness (QED) is 0.133. The second-order valence-corrected chi connectivity index (χ2v) is 15.9. The van der Waals surface area contributed by atoms with Gasteiger partial charge in [0.15, 0.2) is 17.3 Å². The molecule has 1 saturated carbocycles. The number of anilines is 2. The number of ether oxygens (including phenoxy) is 2. The first-order valence-electron chi connectivity index (χ1n) is 18.2. The van der Waals surface area contributed by atoms with Crippen LogP contribution in [0.5, 0.6) is 17.2 Å². The van der Waals surface area contributed by atoms with E-state index in [1.807, 2.05) is 0 Å². The average molecular weight is 871 g/mol. The number of nitrogens with one attached hydrogen (secondary N) is 1. The molecule has 306 valence electrons. The number of phenols is 1. The molecular weight excluding hydrogens is 838 g/mol. The number of methoxy groups -OCH3 is 2. The van der Waals surface area contributed by atoms with Crippen molar-refractivity contribution in [1.29, 1.82) is 0 Å². The van der Waals surface area contributed by atoms with Gasteiger partial charge in [-0.05, 0) is 72.9 Å². The Morgan fingerprint density at radius 2 is 1.63 bits per heavy atom. The highest BCUT2D eigenvalue weighted by Gasteiger charge is 2.71. The average Bonchev–Trinajstić information content (AvgIpc) is 3.59. The zero-order valence-corrected chi connectivity index (χ0v) is 33.5. The number of carbonyl (C=O) groups is 4. The molecule has 4 amide bonds. The normalized spacial score (nSPS) is 25.0. The number of pyridine rings is 1. The van der Waals surface area contributed by atoms with Gasteiger partial charge in [0.25, 0.3) is 23.6 Å². The fourth-order valence-corrected chi connectivity index (χ4v) is 9.99. The molecular formula is C41H33Cl3F3N5O7. The van der Waals surface area contributed by atoms with Gasteiger partial charge in [0.05, 0.1) is 53.1 Å². The highest BCUT2D eigenvalue weighted by Crippen LogP contribution is 2.65. The Morgan fingerprint density at radius 1 is 0.898 bits per heavy atom. The van der Waals surface area contributed by atoms with E-state index >= 15 is 4.79 Å². The van der Waals surface area contributed by atoms with Crippen LogP contribution in [0.2, 0.25) is 15.1 Å². The molecule has 6 atom stereocenters. The number of hydrazine groups is 2. The fourth-order valence-electron chi connectivity index (χ4n) is 9.31. The lowest BCUT2D eigenvalue weighted by molar-refractivity contribution is -0.142. The van der Waals surface area contributed by atoms with Crippen LogP contribution in [-0.2, 0) is 30.8 Å². The minimum atomic E-state index is -4.85. The first-order valence-corrected chi connectivity index (χ1v) is 19.3. The van der Waals surface area contributed by atoms with Crippen LogP contribution in [0.1, 0.15) is 35.6 Å². The number of halogens is 6. The van der Waals surface area contributed by atoms with Gasteiger partial charge < -0.3 is 14.6 Å². The van der Waals surface area contributed by atoms with Gasteiger partial charge in [-0.1, -0.05) is 70.7 Å². The topological polar surface area (TPSA) is 142 Å². The number of amides is 4. The first kappa shape index (κ1) is 40.3. The number of fused-ring (bicyclic) bond motifs is 4. The Hall–Kier alpha value is -5.51. The Morgan fingerprint density at radius 3 is 2.29 bits per heavy atom. The number of hydrogen-bond acceptors (Lipinski definition) is 10. The second kappa shape index (κ2) is 14.6. The molecule has 0 spiro atoms. The van der Waals surface area contributed by atoms with E-state index in [9.17, 15) is 32.7 Å². The minimum Gasteiger partial charge on any atom is -0.504 e. The zero-order valence-electron chi connectivity index (χ0n) is 31.3. The summed E-state index contributed by atoms with van der Waals surface area (Å²) in [6.07, 6.45) is -3.25. The molecule has 0 bridgehead atoms. The van der Waals surface area contributed by atoms with Crippen molar-refractivity contribution in [2.75, 3.05) is 31.7 Å². The molecule has 3 heterocycles. The summed E-state index contributed by atoms with van der Waals surface area (Å²) < 4.78 is 52.1. The molecule has 8 rings (SSSR count). The van der Waals surface area contributed by atoms with E-state index in [-0.39, 0.29) is 45.6 Å². The predicted molar refractivity (Wildman–Crippen MR) is 210 cm³/mol. The van der Waals surface area contributed by atoms with Gasteiger partial charge in [-0.15, -0.1) is 0 Å². The summed E-state index contributed by atoms with van der Waals surface area (Å²) in [4.78, 5) is 63.1. The number of phenolic OH excluding ortho intramolecular Hbond substituents is 1. The third-order valence-corrected chi connectivity index (χ3v) is 12.7. The van der Waals surface area contributed by atoms with Crippen LogP contribution < -0.4 is 19.9 Å². The molecule has 59 heavy (non-hydrogen) atoms. The number of rotatable bonds is 8. The predicted octanol–water partition coefficient (Wildman–Crippen LogP) is 7.82. The van der Waals surface area contributed by atoms with E-state index in [1.54, 1.807) is 42.5 Å². The molecule has 3 aromatic carbocycles. The number of aromatic nitrogens is 1. The van der Waals surface area contributed by atoms with Crippen molar-refractivity contribution in [2.45, 2.75) is 30.4 Å². The summed E-state index contributed by atoms with van der Waals surface area (Å²) in [7, 11) is 4.05. The lowest BCUT2D eigenvalue weighted by Gasteiger charge is -2.50.